The van der Waals surface area contributed by atoms with E-state index in [2.05, 4.69) is 0 Å². The zero-order valence-electron chi connectivity index (χ0n) is 12.0. The molecule has 0 aliphatic carbocycles. The van der Waals surface area contributed by atoms with Gasteiger partial charge in [-0.1, -0.05) is 18.2 Å². The Hall–Kier alpha value is -2.56. The van der Waals surface area contributed by atoms with Crippen molar-refractivity contribution < 1.29 is 13.9 Å². The number of benzene rings is 2. The van der Waals surface area contributed by atoms with E-state index in [1.165, 1.54) is 24.1 Å². The van der Waals surface area contributed by atoms with Crippen LogP contribution in [-0.4, -0.2) is 25.0 Å². The van der Waals surface area contributed by atoms with Crippen LogP contribution in [0.25, 0.3) is 0 Å². The molecule has 5 heteroatoms. The van der Waals surface area contributed by atoms with Crippen molar-refractivity contribution in [2.75, 3.05) is 19.9 Å². The molecule has 0 bridgehead atoms. The second-order valence-electron chi connectivity index (χ2n) is 4.72. The molecule has 2 N–H and O–H groups in total. The Morgan fingerprint density at radius 2 is 1.90 bits per heavy atom. The first-order chi connectivity index (χ1) is 10.0. The summed E-state index contributed by atoms with van der Waals surface area (Å²) >= 11 is 0. The van der Waals surface area contributed by atoms with Gasteiger partial charge < -0.3 is 15.4 Å². The number of hydrogen-bond donors (Lipinski definition) is 1. The van der Waals surface area contributed by atoms with Gasteiger partial charge in [0.2, 0.25) is 0 Å². The van der Waals surface area contributed by atoms with Crippen LogP contribution >= 0.6 is 0 Å². The van der Waals surface area contributed by atoms with Crippen LogP contribution in [0.4, 0.5) is 10.1 Å². The van der Waals surface area contributed by atoms with E-state index in [0.717, 1.165) is 5.56 Å². The Balaban J connectivity index is 2.19. The number of para-hydroxylation sites is 1. The van der Waals surface area contributed by atoms with Crippen molar-refractivity contribution in [3.05, 3.63) is 59.4 Å². The number of anilines is 1. The number of carbonyl (C=O) groups is 1. The molecule has 0 atom stereocenters. The van der Waals surface area contributed by atoms with E-state index in [9.17, 15) is 9.18 Å². The maximum atomic E-state index is 12.9. The highest BCUT2D eigenvalue weighted by Crippen LogP contribution is 2.27. The smallest absolute Gasteiger partial charge is 0.257 e. The third-order valence-electron chi connectivity index (χ3n) is 3.16. The van der Waals surface area contributed by atoms with Crippen molar-refractivity contribution in [3.8, 4) is 5.75 Å². The molecule has 0 fully saturated rings. The molecule has 0 spiro atoms. The van der Waals surface area contributed by atoms with Gasteiger partial charge in [-0.25, -0.2) is 4.39 Å². The van der Waals surface area contributed by atoms with E-state index in [4.69, 9.17) is 10.5 Å². The maximum absolute atomic E-state index is 12.9. The van der Waals surface area contributed by atoms with Gasteiger partial charge in [-0.05, 0) is 29.8 Å². The zero-order valence-corrected chi connectivity index (χ0v) is 12.0. The molecule has 0 saturated carbocycles. The van der Waals surface area contributed by atoms with Crippen LogP contribution in [0, 0.1) is 5.82 Å². The fraction of sp³-hybridized carbons (Fsp3) is 0.188. The normalized spacial score (nSPS) is 10.2. The lowest BCUT2D eigenvalue weighted by Gasteiger charge is -2.19. The number of hydrogen-bond acceptors (Lipinski definition) is 3. The molecule has 2 aromatic rings. The predicted octanol–water partition coefficient (Wildman–Crippen LogP) is 2.69. The van der Waals surface area contributed by atoms with E-state index < -0.39 is 0 Å². The van der Waals surface area contributed by atoms with Crippen molar-refractivity contribution in [1.29, 1.82) is 0 Å². The first-order valence-corrected chi connectivity index (χ1v) is 6.45. The van der Waals surface area contributed by atoms with Crippen molar-refractivity contribution in [2.24, 2.45) is 0 Å². The van der Waals surface area contributed by atoms with E-state index >= 15 is 0 Å². The van der Waals surface area contributed by atoms with Crippen LogP contribution in [0.2, 0.25) is 0 Å². The van der Waals surface area contributed by atoms with Crippen molar-refractivity contribution in [2.45, 2.75) is 6.54 Å². The molecular formula is C16H17FN2O2. The van der Waals surface area contributed by atoms with Crippen LogP contribution < -0.4 is 10.5 Å². The number of amides is 1. The lowest BCUT2D eigenvalue weighted by molar-refractivity contribution is 0.0782. The number of halogens is 1. The van der Waals surface area contributed by atoms with Gasteiger partial charge >= 0.3 is 0 Å². The van der Waals surface area contributed by atoms with Crippen LogP contribution in [0.5, 0.6) is 5.75 Å². The number of methoxy groups -OCH3 is 1. The summed E-state index contributed by atoms with van der Waals surface area (Å²) in [5.74, 6) is -0.137. The third-order valence-corrected chi connectivity index (χ3v) is 3.16. The van der Waals surface area contributed by atoms with Gasteiger partial charge in [-0.3, -0.25) is 4.79 Å². The summed E-state index contributed by atoms with van der Waals surface area (Å²) < 4.78 is 18.1. The lowest BCUT2D eigenvalue weighted by Crippen LogP contribution is -2.26. The Labute approximate surface area is 122 Å². The number of nitrogen functional groups attached to an aromatic ring is 1. The highest BCUT2D eigenvalue weighted by atomic mass is 19.1. The summed E-state index contributed by atoms with van der Waals surface area (Å²) in [6.07, 6.45) is 0. The fourth-order valence-electron chi connectivity index (χ4n) is 2.09. The quantitative estimate of drug-likeness (QED) is 0.880. The molecule has 0 unspecified atom stereocenters. The zero-order chi connectivity index (χ0) is 15.4. The summed E-state index contributed by atoms with van der Waals surface area (Å²) in [7, 11) is 3.15. The molecular weight excluding hydrogens is 271 g/mol. The third kappa shape index (κ3) is 3.31. The molecule has 0 aliphatic rings. The number of ether oxygens (including phenoxy) is 1. The molecule has 0 saturated heterocycles. The molecule has 2 aromatic carbocycles. The number of nitrogens with zero attached hydrogens (tertiary/aromatic N) is 1. The highest BCUT2D eigenvalue weighted by Gasteiger charge is 2.18. The van der Waals surface area contributed by atoms with Gasteiger partial charge in [0.25, 0.3) is 5.91 Å². The van der Waals surface area contributed by atoms with Crippen LogP contribution in [0.3, 0.4) is 0 Å². The molecule has 0 heterocycles. The predicted molar refractivity (Wildman–Crippen MR) is 79.6 cm³/mol. The van der Waals surface area contributed by atoms with Crippen LogP contribution in [0.1, 0.15) is 15.9 Å². The Morgan fingerprint density at radius 1 is 1.24 bits per heavy atom. The SMILES string of the molecule is COc1c(N)cccc1C(=O)N(C)Cc1ccc(F)cc1. The van der Waals surface area contributed by atoms with Crippen molar-refractivity contribution in [1.82, 2.24) is 4.90 Å². The van der Waals surface area contributed by atoms with E-state index in [-0.39, 0.29) is 11.7 Å². The molecule has 4 nitrogen and oxygen atoms in total. The van der Waals surface area contributed by atoms with Crippen molar-refractivity contribution in [3.63, 3.8) is 0 Å². The van der Waals surface area contributed by atoms with Gasteiger partial charge in [0.05, 0.1) is 18.4 Å². The van der Waals surface area contributed by atoms with Gasteiger partial charge in [0.1, 0.15) is 5.82 Å². The molecule has 2 rings (SSSR count). The standard InChI is InChI=1S/C16H17FN2O2/c1-19(10-11-6-8-12(17)9-7-11)16(20)13-4-3-5-14(18)15(13)21-2/h3-9H,10,18H2,1-2H3. The number of rotatable bonds is 4. The Bertz CT molecular complexity index is 641. The topological polar surface area (TPSA) is 55.6 Å². The Morgan fingerprint density at radius 3 is 2.52 bits per heavy atom. The minimum Gasteiger partial charge on any atom is -0.494 e. The molecule has 21 heavy (non-hydrogen) atoms. The average molecular weight is 288 g/mol. The summed E-state index contributed by atoms with van der Waals surface area (Å²) in [5, 5.41) is 0. The lowest BCUT2D eigenvalue weighted by atomic mass is 10.1. The monoisotopic (exact) mass is 288 g/mol. The minimum atomic E-state index is -0.301. The van der Waals surface area contributed by atoms with Crippen LogP contribution in [0.15, 0.2) is 42.5 Å². The first kappa shape index (κ1) is 14.8. The summed E-state index contributed by atoms with van der Waals surface area (Å²) in [4.78, 5) is 14.0. The van der Waals surface area contributed by atoms with E-state index in [1.54, 1.807) is 37.4 Å². The summed E-state index contributed by atoms with van der Waals surface area (Å²) in [6.45, 7) is 0.372. The van der Waals surface area contributed by atoms with Gasteiger partial charge in [0.15, 0.2) is 5.75 Å². The molecule has 0 aromatic heterocycles. The molecule has 110 valence electrons. The second kappa shape index (κ2) is 6.26. The summed E-state index contributed by atoms with van der Waals surface area (Å²) in [5.41, 5.74) is 7.46. The van der Waals surface area contributed by atoms with Gasteiger partial charge in [-0.2, -0.15) is 0 Å². The van der Waals surface area contributed by atoms with Crippen LogP contribution in [-0.2, 0) is 6.54 Å². The molecule has 0 aliphatic heterocycles. The van der Waals surface area contributed by atoms with Gasteiger partial charge in [0, 0.05) is 13.6 Å². The minimum absolute atomic E-state index is 0.205. The summed E-state index contributed by atoms with van der Waals surface area (Å²) in [6, 6.07) is 11.1. The molecule has 0 radical (unpaired) electrons. The fourth-order valence-corrected chi connectivity index (χ4v) is 2.09. The largest absolute Gasteiger partial charge is 0.494 e. The average Bonchev–Trinajstić information content (AvgIpc) is 2.48. The Kier molecular flexibility index (Phi) is 4.42. The maximum Gasteiger partial charge on any atom is 0.257 e. The number of carbonyl (C=O) groups excluding carboxylic acids is 1. The highest BCUT2D eigenvalue weighted by molar-refractivity contribution is 5.98. The first-order valence-electron chi connectivity index (χ1n) is 6.45. The van der Waals surface area contributed by atoms with Gasteiger partial charge in [-0.15, -0.1) is 0 Å². The van der Waals surface area contributed by atoms with Crippen molar-refractivity contribution >= 4 is 11.6 Å². The van der Waals surface area contributed by atoms with E-state index in [0.29, 0.717) is 23.5 Å². The number of nitrogens with two attached hydrogens (primary N) is 1. The van der Waals surface area contributed by atoms with E-state index in [1.807, 2.05) is 0 Å². The molecule has 1 amide bonds. The second-order valence-corrected chi connectivity index (χ2v) is 4.72.